The SMILES string of the molecule is N#Cc1cc(NC(=O)c2cc(S)ccc2Br)ccc1F. The molecule has 2 rings (SSSR count). The van der Waals surface area contributed by atoms with Crippen LogP contribution < -0.4 is 5.32 Å². The van der Waals surface area contributed by atoms with Crippen molar-refractivity contribution in [2.45, 2.75) is 4.90 Å². The summed E-state index contributed by atoms with van der Waals surface area (Å²) in [5.41, 5.74) is 0.634. The van der Waals surface area contributed by atoms with Crippen molar-refractivity contribution in [3.05, 3.63) is 57.8 Å². The first kappa shape index (κ1) is 14.6. The van der Waals surface area contributed by atoms with Gasteiger partial charge in [0, 0.05) is 15.1 Å². The van der Waals surface area contributed by atoms with Crippen LogP contribution >= 0.6 is 28.6 Å². The summed E-state index contributed by atoms with van der Waals surface area (Å²) in [6.45, 7) is 0. The van der Waals surface area contributed by atoms with Crippen LogP contribution in [0.15, 0.2) is 45.8 Å². The van der Waals surface area contributed by atoms with Gasteiger partial charge in [0.25, 0.3) is 5.91 Å². The predicted octanol–water partition coefficient (Wildman–Crippen LogP) is 4.00. The van der Waals surface area contributed by atoms with Gasteiger partial charge in [-0.25, -0.2) is 4.39 Å². The van der Waals surface area contributed by atoms with Crippen molar-refractivity contribution >= 4 is 40.2 Å². The number of benzene rings is 2. The minimum atomic E-state index is -0.621. The average molecular weight is 351 g/mol. The zero-order chi connectivity index (χ0) is 14.7. The molecular formula is C14H8BrFN2OS. The number of carbonyl (C=O) groups is 1. The van der Waals surface area contributed by atoms with Crippen molar-refractivity contribution < 1.29 is 9.18 Å². The molecule has 0 fully saturated rings. The maximum atomic E-state index is 13.2. The van der Waals surface area contributed by atoms with Crippen molar-refractivity contribution in [2.75, 3.05) is 5.32 Å². The van der Waals surface area contributed by atoms with Gasteiger partial charge in [0.1, 0.15) is 11.9 Å². The zero-order valence-electron chi connectivity index (χ0n) is 10.0. The molecule has 2 aromatic carbocycles. The normalized spacial score (nSPS) is 9.90. The Hall–Kier alpha value is -1.84. The Morgan fingerprint density at radius 1 is 1.30 bits per heavy atom. The summed E-state index contributed by atoms with van der Waals surface area (Å²) < 4.78 is 13.8. The van der Waals surface area contributed by atoms with Gasteiger partial charge in [0.15, 0.2) is 0 Å². The number of hydrogen-bond donors (Lipinski definition) is 2. The number of thiol groups is 1. The molecule has 6 heteroatoms. The topological polar surface area (TPSA) is 52.9 Å². The van der Waals surface area contributed by atoms with E-state index in [0.29, 0.717) is 20.6 Å². The van der Waals surface area contributed by atoms with E-state index in [1.807, 2.05) is 0 Å². The Balaban J connectivity index is 2.28. The third kappa shape index (κ3) is 3.18. The van der Waals surface area contributed by atoms with Gasteiger partial charge in [-0.2, -0.15) is 5.26 Å². The molecule has 0 aliphatic carbocycles. The fourth-order valence-electron chi connectivity index (χ4n) is 1.57. The maximum Gasteiger partial charge on any atom is 0.256 e. The number of amides is 1. The van der Waals surface area contributed by atoms with E-state index in [0.717, 1.165) is 6.07 Å². The summed E-state index contributed by atoms with van der Waals surface area (Å²) in [5, 5.41) is 11.4. The quantitative estimate of drug-likeness (QED) is 0.804. The van der Waals surface area contributed by atoms with E-state index in [4.69, 9.17) is 5.26 Å². The third-order valence-electron chi connectivity index (χ3n) is 2.54. The molecule has 3 nitrogen and oxygen atoms in total. The van der Waals surface area contributed by atoms with Gasteiger partial charge in [0.2, 0.25) is 0 Å². The monoisotopic (exact) mass is 350 g/mol. The molecule has 0 unspecified atom stereocenters. The second-order valence-corrected chi connectivity index (χ2v) is 5.30. The van der Waals surface area contributed by atoms with Crippen LogP contribution in [0.1, 0.15) is 15.9 Å². The molecule has 0 aromatic heterocycles. The molecule has 0 saturated carbocycles. The molecule has 0 saturated heterocycles. The van der Waals surface area contributed by atoms with E-state index in [1.54, 1.807) is 24.3 Å². The fourth-order valence-corrected chi connectivity index (χ4v) is 2.20. The van der Waals surface area contributed by atoms with Crippen LogP contribution in [0.3, 0.4) is 0 Å². The number of hydrogen-bond acceptors (Lipinski definition) is 3. The van der Waals surface area contributed by atoms with Gasteiger partial charge in [-0.05, 0) is 52.3 Å². The molecule has 1 N–H and O–H groups in total. The first-order valence-electron chi connectivity index (χ1n) is 5.51. The second-order valence-electron chi connectivity index (χ2n) is 3.92. The lowest BCUT2D eigenvalue weighted by Gasteiger charge is -2.08. The van der Waals surface area contributed by atoms with Gasteiger partial charge in [-0.3, -0.25) is 4.79 Å². The molecule has 0 atom stereocenters. The van der Waals surface area contributed by atoms with Crippen LogP contribution in [-0.2, 0) is 0 Å². The van der Waals surface area contributed by atoms with Gasteiger partial charge < -0.3 is 5.32 Å². The standard InChI is InChI=1S/C14H8BrFN2OS/c15-12-3-2-10(20)6-11(12)14(19)18-9-1-4-13(16)8(5-9)7-17/h1-6,20H,(H,18,19). The van der Waals surface area contributed by atoms with Crippen molar-refractivity contribution in [1.29, 1.82) is 5.26 Å². The lowest BCUT2D eigenvalue weighted by atomic mass is 10.1. The highest BCUT2D eigenvalue weighted by molar-refractivity contribution is 9.10. The van der Waals surface area contributed by atoms with Gasteiger partial charge in [-0.1, -0.05) is 0 Å². The smallest absolute Gasteiger partial charge is 0.256 e. The van der Waals surface area contributed by atoms with Crippen molar-refractivity contribution in [3.63, 3.8) is 0 Å². The largest absolute Gasteiger partial charge is 0.322 e. The van der Waals surface area contributed by atoms with Gasteiger partial charge in [0.05, 0.1) is 11.1 Å². The first-order valence-corrected chi connectivity index (χ1v) is 6.75. The molecule has 0 aliphatic rings. The summed E-state index contributed by atoms with van der Waals surface area (Å²) in [6.07, 6.45) is 0. The number of rotatable bonds is 2. The number of nitriles is 1. The van der Waals surface area contributed by atoms with Gasteiger partial charge in [-0.15, -0.1) is 12.6 Å². The molecule has 20 heavy (non-hydrogen) atoms. The average Bonchev–Trinajstić information content (AvgIpc) is 2.43. The van der Waals surface area contributed by atoms with Crippen LogP contribution in [0.4, 0.5) is 10.1 Å². The number of anilines is 1. The van der Waals surface area contributed by atoms with E-state index in [-0.39, 0.29) is 11.5 Å². The minimum absolute atomic E-state index is 0.121. The number of carbonyl (C=O) groups excluding carboxylic acids is 1. The number of nitrogens with one attached hydrogen (secondary N) is 1. The van der Waals surface area contributed by atoms with E-state index in [9.17, 15) is 9.18 Å². The Morgan fingerprint density at radius 3 is 2.75 bits per heavy atom. The predicted molar refractivity (Wildman–Crippen MR) is 80.5 cm³/mol. The zero-order valence-corrected chi connectivity index (χ0v) is 12.5. The lowest BCUT2D eigenvalue weighted by molar-refractivity contribution is 0.102. The van der Waals surface area contributed by atoms with Gasteiger partial charge >= 0.3 is 0 Å². The lowest BCUT2D eigenvalue weighted by Crippen LogP contribution is -2.12. The van der Waals surface area contributed by atoms with Crippen LogP contribution in [0.5, 0.6) is 0 Å². The maximum absolute atomic E-state index is 13.2. The second kappa shape index (κ2) is 6.07. The first-order chi connectivity index (χ1) is 9.51. The molecule has 0 aliphatic heterocycles. The summed E-state index contributed by atoms with van der Waals surface area (Å²) in [5.74, 6) is -0.993. The molecule has 1 amide bonds. The molecule has 0 radical (unpaired) electrons. The van der Waals surface area contributed by atoms with Crippen molar-refractivity contribution in [3.8, 4) is 6.07 Å². The summed E-state index contributed by atoms with van der Waals surface area (Å²) >= 11 is 7.45. The Labute approximate surface area is 129 Å². The highest BCUT2D eigenvalue weighted by Gasteiger charge is 2.12. The minimum Gasteiger partial charge on any atom is -0.322 e. The van der Waals surface area contributed by atoms with E-state index < -0.39 is 5.82 Å². The summed E-state index contributed by atoms with van der Waals surface area (Å²) in [4.78, 5) is 12.8. The molecule has 0 bridgehead atoms. The van der Waals surface area contributed by atoms with E-state index in [2.05, 4.69) is 33.9 Å². The summed E-state index contributed by atoms with van der Waals surface area (Å²) in [7, 11) is 0. The van der Waals surface area contributed by atoms with E-state index >= 15 is 0 Å². The number of halogens is 2. The van der Waals surface area contributed by atoms with Crippen LogP contribution in [0.25, 0.3) is 0 Å². The Morgan fingerprint density at radius 2 is 2.05 bits per heavy atom. The van der Waals surface area contributed by atoms with E-state index in [1.165, 1.54) is 12.1 Å². The molecule has 0 heterocycles. The van der Waals surface area contributed by atoms with Crippen LogP contribution in [-0.4, -0.2) is 5.91 Å². The highest BCUT2D eigenvalue weighted by atomic mass is 79.9. The highest BCUT2D eigenvalue weighted by Crippen LogP contribution is 2.22. The Kier molecular flexibility index (Phi) is 4.42. The molecule has 100 valence electrons. The van der Waals surface area contributed by atoms with Crippen molar-refractivity contribution in [2.24, 2.45) is 0 Å². The Bertz CT molecular complexity index is 728. The third-order valence-corrected chi connectivity index (χ3v) is 3.51. The molecular weight excluding hydrogens is 343 g/mol. The van der Waals surface area contributed by atoms with Crippen LogP contribution in [0.2, 0.25) is 0 Å². The number of nitrogens with zero attached hydrogens (tertiary/aromatic N) is 1. The van der Waals surface area contributed by atoms with Crippen LogP contribution in [0, 0.1) is 17.1 Å². The van der Waals surface area contributed by atoms with Crippen molar-refractivity contribution in [1.82, 2.24) is 0 Å². The summed E-state index contributed by atoms with van der Waals surface area (Å²) in [6, 6.07) is 10.6. The molecule has 0 spiro atoms. The fraction of sp³-hybridized carbons (Fsp3) is 0. The molecule has 2 aromatic rings.